The summed E-state index contributed by atoms with van der Waals surface area (Å²) in [5.41, 5.74) is 2.59. The molecule has 3 N–H and O–H groups in total. The fourth-order valence-electron chi connectivity index (χ4n) is 4.17. The molecular formula is C25H24N2O7S2. The van der Waals surface area contributed by atoms with E-state index in [9.17, 15) is 31.5 Å². The molecule has 2 aromatic carbocycles. The number of fused-ring (bicyclic) bond motifs is 1. The zero-order chi connectivity index (χ0) is 26.4. The number of carbonyl (C=O) groups excluding carboxylic acids is 1. The first-order valence-electron chi connectivity index (χ1n) is 10.9. The van der Waals surface area contributed by atoms with Crippen LogP contribution in [0.4, 0.5) is 5.69 Å². The largest absolute Gasteiger partial charge is 0.481 e. The van der Waals surface area contributed by atoms with Crippen molar-refractivity contribution < 1.29 is 31.5 Å². The molecule has 0 saturated carbocycles. The minimum atomic E-state index is -4.01. The summed E-state index contributed by atoms with van der Waals surface area (Å²) in [6.07, 6.45) is 2.07. The van der Waals surface area contributed by atoms with E-state index >= 15 is 0 Å². The maximum atomic E-state index is 13.6. The second kappa shape index (κ2) is 9.07. The van der Waals surface area contributed by atoms with E-state index in [2.05, 4.69) is 10.3 Å². The lowest BCUT2D eigenvalue weighted by atomic mass is 10.0. The van der Waals surface area contributed by atoms with Gasteiger partial charge in [0, 0.05) is 35.3 Å². The predicted molar refractivity (Wildman–Crippen MR) is 134 cm³/mol. The van der Waals surface area contributed by atoms with Gasteiger partial charge in [-0.3, -0.25) is 9.59 Å². The summed E-state index contributed by atoms with van der Waals surface area (Å²) in [5, 5.41) is 12.0. The standard InChI is InChI=1S/C25H24N2O7S2/c1-14-4-6-16(7-5-14)36(33,34)24-15(2)26-22(18(24)9-11-23(28)29)13-20-19-12-17(35(3,31)32)8-10-21(19)27-25(20)30/h4-8,10,12-13,26H,9,11H2,1-3H3,(H,27,30)(H,28,29)/b20-13-. The van der Waals surface area contributed by atoms with Gasteiger partial charge in [0.05, 0.1) is 20.3 Å². The summed E-state index contributed by atoms with van der Waals surface area (Å²) >= 11 is 0. The van der Waals surface area contributed by atoms with Crippen molar-refractivity contribution in [2.75, 3.05) is 11.6 Å². The van der Waals surface area contributed by atoms with Crippen LogP contribution in [0.25, 0.3) is 11.6 Å². The second-order valence-electron chi connectivity index (χ2n) is 8.67. The number of carboxylic acid groups (broad SMARTS) is 1. The highest BCUT2D eigenvalue weighted by molar-refractivity contribution is 7.91. The van der Waals surface area contributed by atoms with Crippen molar-refractivity contribution in [1.82, 2.24) is 4.98 Å². The minimum absolute atomic E-state index is 0.0278. The van der Waals surface area contributed by atoms with E-state index in [0.29, 0.717) is 16.9 Å². The van der Waals surface area contributed by atoms with Crippen LogP contribution in [-0.4, -0.2) is 45.1 Å². The summed E-state index contributed by atoms with van der Waals surface area (Å²) in [6.45, 7) is 3.40. The number of amides is 1. The monoisotopic (exact) mass is 528 g/mol. The molecule has 0 radical (unpaired) electrons. The Morgan fingerprint density at radius 1 is 1.00 bits per heavy atom. The fraction of sp³-hybridized carbons (Fsp3) is 0.200. The lowest BCUT2D eigenvalue weighted by Crippen LogP contribution is -2.08. The van der Waals surface area contributed by atoms with Crippen molar-refractivity contribution >= 4 is 48.9 Å². The number of nitrogens with one attached hydrogen (secondary N) is 2. The Morgan fingerprint density at radius 3 is 2.25 bits per heavy atom. The van der Waals surface area contributed by atoms with Crippen LogP contribution in [0.5, 0.6) is 0 Å². The van der Waals surface area contributed by atoms with Gasteiger partial charge in [-0.05, 0) is 62.2 Å². The molecule has 0 bridgehead atoms. The average Bonchev–Trinajstić information content (AvgIpc) is 3.27. The third-order valence-electron chi connectivity index (χ3n) is 5.94. The number of carbonyl (C=O) groups is 2. The number of hydrogen-bond acceptors (Lipinski definition) is 6. The Kier molecular flexibility index (Phi) is 6.40. The Labute approximate surface area is 208 Å². The summed E-state index contributed by atoms with van der Waals surface area (Å²) in [4.78, 5) is 27.2. The van der Waals surface area contributed by atoms with E-state index < -0.39 is 31.6 Å². The molecule has 0 saturated heterocycles. The number of sulfone groups is 2. The maximum absolute atomic E-state index is 13.6. The Bertz CT molecular complexity index is 1650. The highest BCUT2D eigenvalue weighted by Gasteiger charge is 2.30. The van der Waals surface area contributed by atoms with Gasteiger partial charge in [0.2, 0.25) is 9.84 Å². The van der Waals surface area contributed by atoms with Crippen LogP contribution in [-0.2, 0) is 35.7 Å². The quantitative estimate of drug-likeness (QED) is 0.398. The predicted octanol–water partition coefficient (Wildman–Crippen LogP) is 3.38. The Hall–Kier alpha value is -3.70. The number of aromatic nitrogens is 1. The van der Waals surface area contributed by atoms with Gasteiger partial charge in [0.15, 0.2) is 9.84 Å². The van der Waals surface area contributed by atoms with E-state index in [4.69, 9.17) is 0 Å². The molecule has 36 heavy (non-hydrogen) atoms. The molecule has 11 heteroatoms. The van der Waals surface area contributed by atoms with Crippen LogP contribution in [0, 0.1) is 13.8 Å². The molecular weight excluding hydrogens is 504 g/mol. The van der Waals surface area contributed by atoms with E-state index in [-0.39, 0.29) is 44.4 Å². The molecule has 0 spiro atoms. The average molecular weight is 529 g/mol. The van der Waals surface area contributed by atoms with Crippen LogP contribution in [0.1, 0.15) is 34.5 Å². The van der Waals surface area contributed by atoms with Gasteiger partial charge in [-0.15, -0.1) is 0 Å². The van der Waals surface area contributed by atoms with Gasteiger partial charge >= 0.3 is 5.97 Å². The number of hydrogen-bond donors (Lipinski definition) is 3. The summed E-state index contributed by atoms with van der Waals surface area (Å²) in [6, 6.07) is 10.6. The number of aryl methyl sites for hydroxylation is 2. The Balaban J connectivity index is 1.91. The molecule has 188 valence electrons. The summed E-state index contributed by atoms with van der Waals surface area (Å²) in [5.74, 6) is -1.59. The SMILES string of the molecule is Cc1ccc(S(=O)(=O)c2c(C)[nH]c(/C=C3\C(=O)Nc4ccc(S(C)(=O)=O)cc43)c2CCC(=O)O)cc1. The zero-order valence-corrected chi connectivity index (χ0v) is 21.4. The molecule has 0 unspecified atom stereocenters. The van der Waals surface area contributed by atoms with Crippen molar-refractivity contribution in [1.29, 1.82) is 0 Å². The molecule has 0 atom stereocenters. The lowest BCUT2D eigenvalue weighted by molar-refractivity contribution is -0.137. The van der Waals surface area contributed by atoms with Crippen LogP contribution in [0.3, 0.4) is 0 Å². The zero-order valence-electron chi connectivity index (χ0n) is 19.7. The van der Waals surface area contributed by atoms with Crippen LogP contribution < -0.4 is 5.32 Å². The molecule has 0 aliphatic carbocycles. The summed E-state index contributed by atoms with van der Waals surface area (Å²) < 4.78 is 51.2. The topological polar surface area (TPSA) is 150 Å². The van der Waals surface area contributed by atoms with Crippen molar-refractivity contribution in [3.8, 4) is 0 Å². The first kappa shape index (κ1) is 25.4. The number of H-pyrrole nitrogens is 1. The van der Waals surface area contributed by atoms with Gasteiger partial charge in [-0.2, -0.15) is 0 Å². The molecule has 3 aromatic rings. The van der Waals surface area contributed by atoms with Crippen LogP contribution in [0.15, 0.2) is 57.2 Å². The third kappa shape index (κ3) is 4.71. The molecule has 1 aromatic heterocycles. The first-order valence-corrected chi connectivity index (χ1v) is 14.3. The van der Waals surface area contributed by atoms with Crippen molar-refractivity contribution in [2.24, 2.45) is 0 Å². The second-order valence-corrected chi connectivity index (χ2v) is 12.6. The number of aromatic amines is 1. The molecule has 1 aliphatic rings. The highest BCUT2D eigenvalue weighted by Crippen LogP contribution is 2.37. The highest BCUT2D eigenvalue weighted by atomic mass is 32.2. The van der Waals surface area contributed by atoms with Gasteiger partial charge in [0.1, 0.15) is 0 Å². The van der Waals surface area contributed by atoms with Gasteiger partial charge in [-0.1, -0.05) is 17.7 Å². The van der Waals surface area contributed by atoms with Gasteiger partial charge in [-0.25, -0.2) is 16.8 Å². The van der Waals surface area contributed by atoms with Gasteiger partial charge < -0.3 is 15.4 Å². The van der Waals surface area contributed by atoms with E-state index in [1.165, 1.54) is 36.4 Å². The fourth-order valence-corrected chi connectivity index (χ4v) is 6.54. The van der Waals surface area contributed by atoms with Crippen LogP contribution >= 0.6 is 0 Å². The Morgan fingerprint density at radius 2 is 1.64 bits per heavy atom. The third-order valence-corrected chi connectivity index (χ3v) is 9.03. The normalized spacial score (nSPS) is 14.6. The van der Waals surface area contributed by atoms with Crippen LogP contribution in [0.2, 0.25) is 0 Å². The molecule has 9 nitrogen and oxygen atoms in total. The number of aliphatic carboxylic acids is 1. The van der Waals surface area contributed by atoms with Crippen molar-refractivity contribution in [3.63, 3.8) is 0 Å². The molecule has 0 fully saturated rings. The van der Waals surface area contributed by atoms with Crippen molar-refractivity contribution in [3.05, 3.63) is 70.5 Å². The molecule has 4 rings (SSSR count). The number of anilines is 1. The molecule has 2 heterocycles. The molecule has 1 amide bonds. The number of carboxylic acids is 1. The van der Waals surface area contributed by atoms with E-state index in [0.717, 1.165) is 11.8 Å². The first-order chi connectivity index (χ1) is 16.8. The number of rotatable bonds is 7. The van der Waals surface area contributed by atoms with E-state index in [1.54, 1.807) is 19.1 Å². The maximum Gasteiger partial charge on any atom is 0.303 e. The molecule has 1 aliphatic heterocycles. The lowest BCUT2D eigenvalue weighted by Gasteiger charge is -2.09. The smallest absolute Gasteiger partial charge is 0.303 e. The minimum Gasteiger partial charge on any atom is -0.481 e. The van der Waals surface area contributed by atoms with Crippen molar-refractivity contribution in [2.45, 2.75) is 41.4 Å². The number of benzene rings is 2. The van der Waals surface area contributed by atoms with E-state index in [1.807, 2.05) is 6.92 Å². The summed E-state index contributed by atoms with van der Waals surface area (Å²) in [7, 11) is -7.55. The van der Waals surface area contributed by atoms with Gasteiger partial charge in [0.25, 0.3) is 5.91 Å².